The lowest BCUT2D eigenvalue weighted by Crippen LogP contribution is -2.30. The van der Waals surface area contributed by atoms with Gasteiger partial charge in [0.05, 0.1) is 25.7 Å². The maximum atomic E-state index is 11.4. The number of esters is 1. The quantitative estimate of drug-likeness (QED) is 0.660. The molecule has 1 saturated heterocycles. The number of ether oxygens (including phenoxy) is 3. The molecule has 0 bridgehead atoms. The highest BCUT2D eigenvalue weighted by molar-refractivity contribution is 5.70. The Morgan fingerprint density at radius 1 is 1.53 bits per heavy atom. The van der Waals surface area contributed by atoms with Crippen molar-refractivity contribution in [3.63, 3.8) is 0 Å². The first-order valence-electron chi connectivity index (χ1n) is 5.26. The number of hydrogen-bond acceptors (Lipinski definition) is 5. The van der Waals surface area contributed by atoms with Gasteiger partial charge < -0.3 is 19.9 Å². The van der Waals surface area contributed by atoms with Crippen molar-refractivity contribution in [3.05, 3.63) is 0 Å². The molecule has 0 aromatic heterocycles. The Kier molecular flexibility index (Phi) is 5.60. The van der Waals surface area contributed by atoms with Gasteiger partial charge in [0, 0.05) is 26.5 Å². The van der Waals surface area contributed by atoms with E-state index in [1.807, 2.05) is 0 Å². The molecule has 1 atom stereocenters. The van der Waals surface area contributed by atoms with Crippen LogP contribution in [0.2, 0.25) is 0 Å². The van der Waals surface area contributed by atoms with Crippen LogP contribution in [0, 0.1) is 0 Å². The van der Waals surface area contributed by atoms with E-state index in [1.54, 1.807) is 7.11 Å². The summed E-state index contributed by atoms with van der Waals surface area (Å²) < 4.78 is 15.4. The molecule has 2 N–H and O–H groups in total. The number of methoxy groups -OCH3 is 1. The summed E-state index contributed by atoms with van der Waals surface area (Å²) in [7, 11) is 1.54. The SMILES string of the molecule is COC(CN)CC(=O)OC1CCOCC1. The molecule has 0 aliphatic carbocycles. The normalized spacial score (nSPS) is 19.9. The second-order valence-corrected chi connectivity index (χ2v) is 3.60. The van der Waals surface area contributed by atoms with Gasteiger partial charge in [-0.15, -0.1) is 0 Å². The molecule has 0 radical (unpaired) electrons. The highest BCUT2D eigenvalue weighted by Gasteiger charge is 2.20. The van der Waals surface area contributed by atoms with Gasteiger partial charge in [0.15, 0.2) is 0 Å². The summed E-state index contributed by atoms with van der Waals surface area (Å²) in [5, 5.41) is 0. The number of nitrogens with two attached hydrogens (primary N) is 1. The Hall–Kier alpha value is -0.650. The summed E-state index contributed by atoms with van der Waals surface area (Å²) in [6, 6.07) is 0. The van der Waals surface area contributed by atoms with Crippen molar-refractivity contribution >= 4 is 5.97 Å². The van der Waals surface area contributed by atoms with Gasteiger partial charge in [-0.1, -0.05) is 0 Å². The van der Waals surface area contributed by atoms with Crippen LogP contribution in [0.15, 0.2) is 0 Å². The van der Waals surface area contributed by atoms with Crippen molar-refractivity contribution in [2.45, 2.75) is 31.5 Å². The molecule has 0 saturated carbocycles. The monoisotopic (exact) mass is 217 g/mol. The van der Waals surface area contributed by atoms with Crippen LogP contribution < -0.4 is 5.73 Å². The van der Waals surface area contributed by atoms with Crippen molar-refractivity contribution < 1.29 is 19.0 Å². The zero-order valence-electron chi connectivity index (χ0n) is 9.11. The highest BCUT2D eigenvalue weighted by atomic mass is 16.6. The maximum absolute atomic E-state index is 11.4. The largest absolute Gasteiger partial charge is 0.462 e. The molecular weight excluding hydrogens is 198 g/mol. The zero-order valence-corrected chi connectivity index (χ0v) is 9.11. The first-order valence-corrected chi connectivity index (χ1v) is 5.26. The Morgan fingerprint density at radius 3 is 2.73 bits per heavy atom. The third-order valence-corrected chi connectivity index (χ3v) is 2.46. The topological polar surface area (TPSA) is 70.8 Å². The number of rotatable bonds is 5. The summed E-state index contributed by atoms with van der Waals surface area (Å²) in [5.74, 6) is -0.237. The Balaban J connectivity index is 2.21. The van der Waals surface area contributed by atoms with Crippen molar-refractivity contribution in [2.24, 2.45) is 5.73 Å². The Bertz CT molecular complexity index is 188. The van der Waals surface area contributed by atoms with Crippen molar-refractivity contribution in [1.29, 1.82) is 0 Å². The fourth-order valence-corrected chi connectivity index (χ4v) is 1.48. The van der Waals surface area contributed by atoms with Crippen LogP contribution in [0.5, 0.6) is 0 Å². The highest BCUT2D eigenvalue weighted by Crippen LogP contribution is 2.12. The molecule has 0 aromatic rings. The van der Waals surface area contributed by atoms with E-state index >= 15 is 0 Å². The van der Waals surface area contributed by atoms with Crippen LogP contribution in [-0.4, -0.2) is 45.0 Å². The lowest BCUT2D eigenvalue weighted by atomic mass is 10.1. The van der Waals surface area contributed by atoms with Gasteiger partial charge >= 0.3 is 5.97 Å². The third kappa shape index (κ3) is 4.59. The minimum absolute atomic E-state index is 0.00142. The number of carbonyl (C=O) groups is 1. The molecule has 1 fully saturated rings. The molecule has 5 nitrogen and oxygen atoms in total. The number of carbonyl (C=O) groups excluding carboxylic acids is 1. The first kappa shape index (κ1) is 12.4. The summed E-state index contributed by atoms with van der Waals surface area (Å²) in [4.78, 5) is 11.4. The Morgan fingerprint density at radius 2 is 2.20 bits per heavy atom. The second-order valence-electron chi connectivity index (χ2n) is 3.60. The molecule has 0 aromatic carbocycles. The van der Waals surface area contributed by atoms with Gasteiger partial charge in [-0.3, -0.25) is 4.79 Å². The van der Waals surface area contributed by atoms with Gasteiger partial charge in [-0.05, 0) is 0 Å². The van der Waals surface area contributed by atoms with Crippen LogP contribution >= 0.6 is 0 Å². The average molecular weight is 217 g/mol. The molecule has 15 heavy (non-hydrogen) atoms. The van der Waals surface area contributed by atoms with Gasteiger partial charge in [-0.25, -0.2) is 0 Å². The van der Waals surface area contributed by atoms with E-state index in [0.717, 1.165) is 12.8 Å². The molecule has 0 amide bonds. The van der Waals surface area contributed by atoms with Gasteiger partial charge in [0.2, 0.25) is 0 Å². The third-order valence-electron chi connectivity index (χ3n) is 2.46. The summed E-state index contributed by atoms with van der Waals surface area (Å²) >= 11 is 0. The van der Waals surface area contributed by atoms with E-state index in [1.165, 1.54) is 0 Å². The predicted octanol–water partition coefficient (Wildman–Crippen LogP) is 0.0724. The summed E-state index contributed by atoms with van der Waals surface area (Å²) in [6.45, 7) is 1.67. The molecule has 1 aliphatic heterocycles. The molecule has 1 rings (SSSR count). The first-order chi connectivity index (χ1) is 7.26. The lowest BCUT2D eigenvalue weighted by molar-refractivity contribution is -0.155. The second kappa shape index (κ2) is 6.76. The average Bonchev–Trinajstić information content (AvgIpc) is 2.27. The Labute approximate surface area is 89.9 Å². The van der Waals surface area contributed by atoms with Crippen LogP contribution in [-0.2, 0) is 19.0 Å². The van der Waals surface area contributed by atoms with Crippen LogP contribution in [0.4, 0.5) is 0 Å². The fourth-order valence-electron chi connectivity index (χ4n) is 1.48. The van der Waals surface area contributed by atoms with E-state index < -0.39 is 0 Å². The van der Waals surface area contributed by atoms with Crippen LogP contribution in [0.25, 0.3) is 0 Å². The molecular formula is C10H19NO4. The van der Waals surface area contributed by atoms with Crippen molar-refractivity contribution in [1.82, 2.24) is 0 Å². The minimum Gasteiger partial charge on any atom is -0.462 e. The zero-order chi connectivity index (χ0) is 11.1. The van der Waals surface area contributed by atoms with E-state index in [4.69, 9.17) is 19.9 Å². The van der Waals surface area contributed by atoms with E-state index in [-0.39, 0.29) is 24.6 Å². The molecule has 1 aliphatic rings. The summed E-state index contributed by atoms with van der Waals surface area (Å²) in [5.41, 5.74) is 5.41. The minimum atomic E-state index is -0.239. The van der Waals surface area contributed by atoms with E-state index in [2.05, 4.69) is 0 Å². The van der Waals surface area contributed by atoms with Crippen molar-refractivity contribution in [3.8, 4) is 0 Å². The van der Waals surface area contributed by atoms with E-state index in [0.29, 0.717) is 19.8 Å². The lowest BCUT2D eigenvalue weighted by Gasteiger charge is -2.23. The predicted molar refractivity (Wildman–Crippen MR) is 54.4 cm³/mol. The van der Waals surface area contributed by atoms with Crippen LogP contribution in [0.1, 0.15) is 19.3 Å². The van der Waals surface area contributed by atoms with Gasteiger partial charge in [-0.2, -0.15) is 0 Å². The fraction of sp³-hybridized carbons (Fsp3) is 0.900. The maximum Gasteiger partial charge on any atom is 0.308 e. The molecule has 1 unspecified atom stereocenters. The molecule has 0 spiro atoms. The standard InChI is InChI=1S/C10H19NO4/c1-13-9(7-11)6-10(12)15-8-2-4-14-5-3-8/h8-9H,2-7,11H2,1H3. The molecule has 5 heteroatoms. The number of hydrogen-bond donors (Lipinski definition) is 1. The van der Waals surface area contributed by atoms with Gasteiger partial charge in [0.1, 0.15) is 6.10 Å². The van der Waals surface area contributed by atoms with Crippen LogP contribution in [0.3, 0.4) is 0 Å². The molecule has 1 heterocycles. The smallest absolute Gasteiger partial charge is 0.308 e. The van der Waals surface area contributed by atoms with Crippen molar-refractivity contribution in [2.75, 3.05) is 26.9 Å². The van der Waals surface area contributed by atoms with E-state index in [9.17, 15) is 4.79 Å². The molecule has 88 valence electrons. The van der Waals surface area contributed by atoms with Gasteiger partial charge in [0.25, 0.3) is 0 Å². The summed E-state index contributed by atoms with van der Waals surface area (Å²) in [6.07, 6.45) is 1.56.